The van der Waals surface area contributed by atoms with Crippen LogP contribution < -0.4 is 0 Å². The molecule has 28 heavy (non-hydrogen) atoms. The molecule has 3 aromatic rings. The lowest BCUT2D eigenvalue weighted by Crippen LogP contribution is -2.38. The molecule has 0 atom stereocenters. The molecule has 0 saturated carbocycles. The van der Waals surface area contributed by atoms with E-state index in [9.17, 15) is 13.6 Å². The van der Waals surface area contributed by atoms with E-state index in [1.54, 1.807) is 6.07 Å². The number of hydrogen-bond donors (Lipinski definition) is 0. The minimum absolute atomic E-state index is 0.0677. The number of amides is 1. The van der Waals surface area contributed by atoms with Crippen molar-refractivity contribution in [2.24, 2.45) is 0 Å². The van der Waals surface area contributed by atoms with Crippen molar-refractivity contribution in [3.05, 3.63) is 77.8 Å². The maximum absolute atomic E-state index is 13.3. The van der Waals surface area contributed by atoms with Crippen molar-refractivity contribution in [2.45, 2.75) is 32.4 Å². The average molecular weight is 381 g/mol. The molecule has 0 spiro atoms. The van der Waals surface area contributed by atoms with Crippen LogP contribution in [0.1, 0.15) is 24.2 Å². The first-order valence-electron chi connectivity index (χ1n) is 9.43. The minimum Gasteiger partial charge on any atom is -0.333 e. The summed E-state index contributed by atoms with van der Waals surface area (Å²) in [7, 11) is 0. The van der Waals surface area contributed by atoms with Gasteiger partial charge in [0.25, 0.3) is 0 Å². The summed E-state index contributed by atoms with van der Waals surface area (Å²) in [6, 6.07) is 13.9. The number of fused-ring (bicyclic) bond motifs is 1. The second-order valence-electron chi connectivity index (χ2n) is 7.02. The van der Waals surface area contributed by atoms with Crippen LogP contribution in [0.4, 0.5) is 8.78 Å². The van der Waals surface area contributed by atoms with Crippen molar-refractivity contribution in [3.8, 4) is 11.3 Å². The molecule has 0 unspecified atom stereocenters. The summed E-state index contributed by atoms with van der Waals surface area (Å²) >= 11 is 0. The SMILES string of the molecule is O=C(CCCc1ccc(F)c(F)c1)N1CCn2cc(-c3ccccc3)nc2C1. The highest BCUT2D eigenvalue weighted by Gasteiger charge is 2.22. The molecular weight excluding hydrogens is 360 g/mol. The predicted molar refractivity (Wildman–Crippen MR) is 102 cm³/mol. The molecule has 1 aliphatic rings. The number of benzene rings is 2. The highest BCUT2D eigenvalue weighted by Crippen LogP contribution is 2.22. The van der Waals surface area contributed by atoms with Gasteiger partial charge >= 0.3 is 0 Å². The smallest absolute Gasteiger partial charge is 0.223 e. The van der Waals surface area contributed by atoms with Gasteiger partial charge in [0.1, 0.15) is 5.82 Å². The number of imidazole rings is 1. The van der Waals surface area contributed by atoms with Crippen molar-refractivity contribution in [1.29, 1.82) is 0 Å². The van der Waals surface area contributed by atoms with Crippen LogP contribution in [-0.4, -0.2) is 26.9 Å². The molecule has 1 aliphatic heterocycles. The van der Waals surface area contributed by atoms with Gasteiger partial charge in [-0.05, 0) is 30.5 Å². The van der Waals surface area contributed by atoms with Crippen molar-refractivity contribution in [3.63, 3.8) is 0 Å². The Morgan fingerprint density at radius 2 is 1.86 bits per heavy atom. The van der Waals surface area contributed by atoms with E-state index in [0.29, 0.717) is 37.9 Å². The molecule has 0 aliphatic carbocycles. The maximum atomic E-state index is 13.3. The second-order valence-corrected chi connectivity index (χ2v) is 7.02. The summed E-state index contributed by atoms with van der Waals surface area (Å²) in [4.78, 5) is 19.1. The number of halogens is 2. The van der Waals surface area contributed by atoms with Gasteiger partial charge in [-0.1, -0.05) is 36.4 Å². The van der Waals surface area contributed by atoms with Gasteiger partial charge in [0.15, 0.2) is 11.6 Å². The van der Waals surface area contributed by atoms with Crippen LogP contribution in [-0.2, 0) is 24.3 Å². The first-order chi connectivity index (χ1) is 13.6. The Hall–Kier alpha value is -3.02. The molecular formula is C22H21F2N3O. The third-order valence-electron chi connectivity index (χ3n) is 5.06. The number of nitrogens with zero attached hydrogens (tertiary/aromatic N) is 3. The number of aromatic nitrogens is 2. The van der Waals surface area contributed by atoms with E-state index in [1.165, 1.54) is 6.07 Å². The first kappa shape index (κ1) is 18.3. The fourth-order valence-corrected chi connectivity index (χ4v) is 3.51. The summed E-state index contributed by atoms with van der Waals surface area (Å²) in [5, 5.41) is 0. The molecule has 0 radical (unpaired) electrons. The zero-order valence-corrected chi connectivity index (χ0v) is 15.4. The fourth-order valence-electron chi connectivity index (χ4n) is 3.51. The summed E-state index contributed by atoms with van der Waals surface area (Å²) in [6.45, 7) is 1.88. The van der Waals surface area contributed by atoms with Gasteiger partial charge in [0, 0.05) is 31.3 Å². The molecule has 2 aromatic carbocycles. The van der Waals surface area contributed by atoms with E-state index >= 15 is 0 Å². The van der Waals surface area contributed by atoms with Gasteiger partial charge in [0.05, 0.1) is 12.2 Å². The lowest BCUT2D eigenvalue weighted by atomic mass is 10.1. The first-order valence-corrected chi connectivity index (χ1v) is 9.43. The summed E-state index contributed by atoms with van der Waals surface area (Å²) in [5.41, 5.74) is 2.69. The van der Waals surface area contributed by atoms with Gasteiger partial charge in [-0.2, -0.15) is 0 Å². The molecule has 4 rings (SSSR count). The predicted octanol–water partition coefficient (Wildman–Crippen LogP) is 4.19. The summed E-state index contributed by atoms with van der Waals surface area (Å²) in [5.74, 6) is -0.739. The van der Waals surface area contributed by atoms with Crippen LogP contribution in [0.2, 0.25) is 0 Å². The number of aryl methyl sites for hydroxylation is 1. The molecule has 1 amide bonds. The quantitative estimate of drug-likeness (QED) is 0.665. The second kappa shape index (κ2) is 7.92. The lowest BCUT2D eigenvalue weighted by Gasteiger charge is -2.27. The number of hydrogen-bond acceptors (Lipinski definition) is 2. The van der Waals surface area contributed by atoms with Gasteiger partial charge in [0.2, 0.25) is 5.91 Å². The van der Waals surface area contributed by atoms with E-state index in [2.05, 4.69) is 4.57 Å². The third kappa shape index (κ3) is 3.96. The van der Waals surface area contributed by atoms with E-state index < -0.39 is 11.6 Å². The molecule has 0 fully saturated rings. The normalized spacial score (nSPS) is 13.4. The van der Waals surface area contributed by atoms with Crippen molar-refractivity contribution in [2.75, 3.05) is 6.54 Å². The maximum Gasteiger partial charge on any atom is 0.223 e. The number of carbonyl (C=O) groups excluding carboxylic acids is 1. The van der Waals surface area contributed by atoms with Crippen molar-refractivity contribution >= 4 is 5.91 Å². The Kier molecular flexibility index (Phi) is 5.19. The van der Waals surface area contributed by atoms with Gasteiger partial charge in [-0.3, -0.25) is 4.79 Å². The number of rotatable bonds is 5. The monoisotopic (exact) mass is 381 g/mol. The molecule has 0 bridgehead atoms. The molecule has 1 aromatic heterocycles. The molecule has 2 heterocycles. The van der Waals surface area contributed by atoms with Gasteiger partial charge < -0.3 is 9.47 Å². The van der Waals surface area contributed by atoms with Crippen LogP contribution in [0.25, 0.3) is 11.3 Å². The van der Waals surface area contributed by atoms with Gasteiger partial charge in [-0.25, -0.2) is 13.8 Å². The highest BCUT2D eigenvalue weighted by atomic mass is 19.2. The largest absolute Gasteiger partial charge is 0.333 e. The zero-order chi connectivity index (χ0) is 19.5. The third-order valence-corrected chi connectivity index (χ3v) is 5.06. The fraction of sp³-hybridized carbons (Fsp3) is 0.273. The van der Waals surface area contributed by atoms with Crippen molar-refractivity contribution in [1.82, 2.24) is 14.5 Å². The van der Waals surface area contributed by atoms with Crippen molar-refractivity contribution < 1.29 is 13.6 Å². The van der Waals surface area contributed by atoms with Crippen LogP contribution >= 0.6 is 0 Å². The Morgan fingerprint density at radius 3 is 2.64 bits per heavy atom. The van der Waals surface area contributed by atoms with E-state index in [-0.39, 0.29) is 5.91 Å². The topological polar surface area (TPSA) is 38.1 Å². The van der Waals surface area contributed by atoms with Crippen LogP contribution in [0, 0.1) is 11.6 Å². The summed E-state index contributed by atoms with van der Waals surface area (Å²) < 4.78 is 28.3. The molecule has 0 N–H and O–H groups in total. The average Bonchev–Trinajstić information content (AvgIpc) is 3.14. The van der Waals surface area contributed by atoms with Crippen LogP contribution in [0.15, 0.2) is 54.7 Å². The number of carbonyl (C=O) groups is 1. The lowest BCUT2D eigenvalue weighted by molar-refractivity contribution is -0.132. The Bertz CT molecular complexity index is 985. The molecule has 144 valence electrons. The molecule has 4 nitrogen and oxygen atoms in total. The Balaban J connectivity index is 1.34. The van der Waals surface area contributed by atoms with Crippen LogP contribution in [0.5, 0.6) is 0 Å². The van der Waals surface area contributed by atoms with E-state index in [4.69, 9.17) is 4.98 Å². The van der Waals surface area contributed by atoms with Gasteiger partial charge in [-0.15, -0.1) is 0 Å². The molecule has 0 saturated heterocycles. The van der Waals surface area contributed by atoms with Crippen LogP contribution in [0.3, 0.4) is 0 Å². The minimum atomic E-state index is -0.849. The Morgan fingerprint density at radius 1 is 1.04 bits per heavy atom. The van der Waals surface area contributed by atoms with E-state index in [0.717, 1.165) is 29.7 Å². The zero-order valence-electron chi connectivity index (χ0n) is 15.4. The molecule has 6 heteroatoms. The summed E-state index contributed by atoms with van der Waals surface area (Å²) in [6.07, 6.45) is 3.56. The standard InChI is InChI=1S/C22H21F2N3O/c23-18-10-9-16(13-19(18)24)5-4-8-22(28)27-12-11-26-14-20(25-21(26)15-27)17-6-2-1-3-7-17/h1-3,6-7,9-10,13-14H,4-5,8,11-12,15H2. The highest BCUT2D eigenvalue weighted by molar-refractivity contribution is 5.76. The Labute approximate surface area is 162 Å². The van der Waals surface area contributed by atoms with E-state index in [1.807, 2.05) is 41.4 Å².